The third-order valence-electron chi connectivity index (χ3n) is 2.40. The summed E-state index contributed by atoms with van der Waals surface area (Å²) in [5.41, 5.74) is 0. The Morgan fingerprint density at radius 1 is 1.36 bits per heavy atom. The number of nitrogens with one attached hydrogen (secondary N) is 1. The molecule has 0 spiro atoms. The second-order valence-corrected chi connectivity index (χ2v) is 3.66. The van der Waals surface area contributed by atoms with Crippen molar-refractivity contribution in [3.8, 4) is 0 Å². The van der Waals surface area contributed by atoms with Crippen LogP contribution in [0, 0.1) is 0 Å². The largest absolute Gasteiger partial charge is 0.338 e. The van der Waals surface area contributed by atoms with Crippen LogP contribution >= 0.6 is 0 Å². The van der Waals surface area contributed by atoms with Crippen molar-refractivity contribution in [1.29, 1.82) is 0 Å². The fourth-order valence-corrected chi connectivity index (χ4v) is 1.46. The number of aromatic nitrogens is 2. The summed E-state index contributed by atoms with van der Waals surface area (Å²) < 4.78 is 2.08. The Bertz CT molecular complexity index is 242. The second kappa shape index (κ2) is 6.60. The van der Waals surface area contributed by atoms with Crippen LogP contribution in [0.15, 0.2) is 12.4 Å². The summed E-state index contributed by atoms with van der Waals surface area (Å²) in [6.45, 7) is 4.40. The van der Waals surface area contributed by atoms with Crippen molar-refractivity contribution in [2.75, 3.05) is 13.1 Å². The molecule has 0 aliphatic rings. The van der Waals surface area contributed by atoms with Crippen LogP contribution in [-0.2, 0) is 13.5 Å². The predicted octanol–water partition coefficient (Wildman–Crippen LogP) is 1.74. The van der Waals surface area contributed by atoms with Gasteiger partial charge >= 0.3 is 0 Å². The van der Waals surface area contributed by atoms with Gasteiger partial charge in [0.05, 0.1) is 0 Å². The fourth-order valence-electron chi connectivity index (χ4n) is 1.46. The molecule has 0 aliphatic carbocycles. The van der Waals surface area contributed by atoms with E-state index in [4.69, 9.17) is 0 Å². The van der Waals surface area contributed by atoms with Crippen molar-refractivity contribution in [2.24, 2.45) is 7.05 Å². The fraction of sp³-hybridized carbons (Fsp3) is 0.727. The summed E-state index contributed by atoms with van der Waals surface area (Å²) in [5, 5.41) is 3.43. The quantitative estimate of drug-likeness (QED) is 0.672. The van der Waals surface area contributed by atoms with E-state index < -0.39 is 0 Å². The minimum absolute atomic E-state index is 1.02. The highest BCUT2D eigenvalue weighted by atomic mass is 15.0. The molecule has 0 aliphatic heterocycles. The molecule has 3 heteroatoms. The van der Waals surface area contributed by atoms with Gasteiger partial charge in [0.25, 0.3) is 0 Å². The van der Waals surface area contributed by atoms with E-state index in [1.165, 1.54) is 19.3 Å². The first-order chi connectivity index (χ1) is 6.84. The molecule has 1 heterocycles. The Balaban J connectivity index is 2.02. The van der Waals surface area contributed by atoms with Crippen LogP contribution in [0.4, 0.5) is 0 Å². The molecule has 80 valence electrons. The van der Waals surface area contributed by atoms with Crippen LogP contribution in [0.2, 0.25) is 0 Å². The van der Waals surface area contributed by atoms with Crippen LogP contribution in [0.25, 0.3) is 0 Å². The van der Waals surface area contributed by atoms with E-state index in [9.17, 15) is 0 Å². The van der Waals surface area contributed by atoms with Gasteiger partial charge in [-0.05, 0) is 13.0 Å². The van der Waals surface area contributed by atoms with Crippen molar-refractivity contribution in [3.63, 3.8) is 0 Å². The maximum atomic E-state index is 4.27. The van der Waals surface area contributed by atoms with Crippen molar-refractivity contribution in [3.05, 3.63) is 18.2 Å². The van der Waals surface area contributed by atoms with Gasteiger partial charge < -0.3 is 9.88 Å². The monoisotopic (exact) mass is 195 g/mol. The molecule has 0 radical (unpaired) electrons. The highest BCUT2D eigenvalue weighted by molar-refractivity contribution is 4.91. The summed E-state index contributed by atoms with van der Waals surface area (Å²) >= 11 is 0. The molecule has 3 nitrogen and oxygen atoms in total. The molecule has 0 unspecified atom stereocenters. The van der Waals surface area contributed by atoms with E-state index in [0.29, 0.717) is 0 Å². The summed E-state index contributed by atoms with van der Waals surface area (Å²) in [6, 6.07) is 0. The van der Waals surface area contributed by atoms with Gasteiger partial charge in [-0.3, -0.25) is 0 Å². The predicted molar refractivity (Wildman–Crippen MR) is 59.3 cm³/mol. The van der Waals surface area contributed by atoms with Crippen LogP contribution in [0.1, 0.15) is 32.0 Å². The Morgan fingerprint density at radius 2 is 2.21 bits per heavy atom. The van der Waals surface area contributed by atoms with Crippen molar-refractivity contribution >= 4 is 0 Å². The number of hydrogen-bond donors (Lipinski definition) is 1. The molecule has 0 amide bonds. The molecular weight excluding hydrogens is 174 g/mol. The minimum Gasteiger partial charge on any atom is -0.338 e. The highest BCUT2D eigenvalue weighted by Gasteiger charge is 1.97. The molecule has 0 saturated heterocycles. The summed E-state index contributed by atoms with van der Waals surface area (Å²) in [4.78, 5) is 4.27. The molecule has 1 rings (SSSR count). The molecule has 0 bridgehead atoms. The number of rotatable bonds is 7. The lowest BCUT2D eigenvalue weighted by molar-refractivity contribution is 0.604. The zero-order valence-corrected chi connectivity index (χ0v) is 9.29. The molecule has 0 saturated carbocycles. The zero-order chi connectivity index (χ0) is 10.2. The molecule has 14 heavy (non-hydrogen) atoms. The van der Waals surface area contributed by atoms with Crippen LogP contribution < -0.4 is 5.32 Å². The average molecular weight is 195 g/mol. The smallest absolute Gasteiger partial charge is 0.109 e. The third kappa shape index (κ3) is 3.92. The van der Waals surface area contributed by atoms with E-state index in [0.717, 1.165) is 25.3 Å². The molecule has 0 atom stereocenters. The Labute approximate surface area is 86.5 Å². The van der Waals surface area contributed by atoms with Gasteiger partial charge in [-0.2, -0.15) is 0 Å². The standard InChI is InChI=1S/C11H21N3/c1-3-4-5-7-12-8-6-11-13-9-10-14(11)2/h9-10,12H,3-8H2,1-2H3. The molecule has 0 aromatic carbocycles. The summed E-state index contributed by atoms with van der Waals surface area (Å²) in [6.07, 6.45) is 8.78. The summed E-state index contributed by atoms with van der Waals surface area (Å²) in [5.74, 6) is 1.16. The van der Waals surface area contributed by atoms with Gasteiger partial charge in [0, 0.05) is 32.4 Å². The zero-order valence-electron chi connectivity index (χ0n) is 9.29. The Kier molecular flexibility index (Phi) is 5.30. The van der Waals surface area contributed by atoms with E-state index in [-0.39, 0.29) is 0 Å². The summed E-state index contributed by atoms with van der Waals surface area (Å²) in [7, 11) is 2.04. The van der Waals surface area contributed by atoms with Gasteiger partial charge in [0.1, 0.15) is 5.82 Å². The molecule has 0 fully saturated rings. The topological polar surface area (TPSA) is 29.9 Å². The van der Waals surface area contributed by atoms with Crippen LogP contribution in [0.5, 0.6) is 0 Å². The first-order valence-electron chi connectivity index (χ1n) is 5.51. The Morgan fingerprint density at radius 3 is 2.86 bits per heavy atom. The van der Waals surface area contributed by atoms with Gasteiger partial charge in [-0.15, -0.1) is 0 Å². The maximum absolute atomic E-state index is 4.27. The number of nitrogens with zero attached hydrogens (tertiary/aromatic N) is 2. The van der Waals surface area contributed by atoms with Crippen molar-refractivity contribution < 1.29 is 0 Å². The van der Waals surface area contributed by atoms with Crippen LogP contribution in [0.3, 0.4) is 0 Å². The molecular formula is C11H21N3. The van der Waals surface area contributed by atoms with Gasteiger partial charge in [0.15, 0.2) is 0 Å². The van der Waals surface area contributed by atoms with Gasteiger partial charge in [-0.1, -0.05) is 19.8 Å². The van der Waals surface area contributed by atoms with Crippen LogP contribution in [-0.4, -0.2) is 22.6 Å². The normalized spacial score (nSPS) is 10.7. The minimum atomic E-state index is 1.02. The van der Waals surface area contributed by atoms with E-state index in [1.54, 1.807) is 0 Å². The molecule has 1 aromatic rings. The van der Waals surface area contributed by atoms with E-state index in [2.05, 4.69) is 21.8 Å². The highest BCUT2D eigenvalue weighted by Crippen LogP contribution is 1.95. The van der Waals surface area contributed by atoms with Crippen molar-refractivity contribution in [2.45, 2.75) is 32.6 Å². The lowest BCUT2D eigenvalue weighted by Crippen LogP contribution is -2.19. The SMILES string of the molecule is CCCCCNCCc1nccn1C. The first-order valence-corrected chi connectivity index (χ1v) is 5.51. The van der Waals surface area contributed by atoms with E-state index in [1.807, 2.05) is 19.4 Å². The average Bonchev–Trinajstić information content (AvgIpc) is 2.58. The lowest BCUT2D eigenvalue weighted by Gasteiger charge is -2.04. The Hall–Kier alpha value is -0.830. The van der Waals surface area contributed by atoms with Crippen molar-refractivity contribution in [1.82, 2.24) is 14.9 Å². The molecule has 1 aromatic heterocycles. The van der Waals surface area contributed by atoms with Gasteiger partial charge in [-0.25, -0.2) is 4.98 Å². The van der Waals surface area contributed by atoms with Gasteiger partial charge in [0.2, 0.25) is 0 Å². The second-order valence-electron chi connectivity index (χ2n) is 3.66. The number of hydrogen-bond acceptors (Lipinski definition) is 2. The maximum Gasteiger partial charge on any atom is 0.109 e. The first kappa shape index (κ1) is 11.2. The lowest BCUT2D eigenvalue weighted by atomic mass is 10.2. The third-order valence-corrected chi connectivity index (χ3v) is 2.40. The molecule has 1 N–H and O–H groups in total. The number of imidazole rings is 1. The number of unbranched alkanes of at least 4 members (excludes halogenated alkanes) is 2. The number of aryl methyl sites for hydroxylation is 1. The van der Waals surface area contributed by atoms with E-state index >= 15 is 0 Å².